The molecule has 5 nitrogen and oxygen atoms in total. The van der Waals surface area contributed by atoms with E-state index in [-0.39, 0.29) is 11.0 Å². The molecule has 156 valence electrons. The fraction of sp³-hybridized carbons (Fsp3) is 0.160. The lowest BCUT2D eigenvalue weighted by molar-refractivity contribution is 0.0977. The average Bonchev–Trinajstić information content (AvgIpc) is 3.16. The first-order valence-electron chi connectivity index (χ1n) is 10.1. The number of thiocarbonyl (C=S) groups is 1. The smallest absolute Gasteiger partial charge is 0.257 e. The molecular formula is C25H23N3O2S. The number of fused-ring (bicyclic) bond motifs is 1. The van der Waals surface area contributed by atoms with Crippen molar-refractivity contribution in [3.63, 3.8) is 0 Å². The van der Waals surface area contributed by atoms with Crippen LogP contribution in [0.5, 0.6) is 0 Å². The third kappa shape index (κ3) is 4.81. The van der Waals surface area contributed by atoms with Crippen LogP contribution in [0, 0.1) is 13.8 Å². The molecular weight excluding hydrogens is 406 g/mol. The van der Waals surface area contributed by atoms with Crippen molar-refractivity contribution < 1.29 is 9.21 Å². The highest BCUT2D eigenvalue weighted by atomic mass is 32.1. The number of aryl methyl sites for hydroxylation is 3. The lowest BCUT2D eigenvalue weighted by Gasteiger charge is -2.10. The first-order chi connectivity index (χ1) is 14.9. The maximum Gasteiger partial charge on any atom is 0.257 e. The maximum atomic E-state index is 12.5. The summed E-state index contributed by atoms with van der Waals surface area (Å²) in [5.74, 6) is 0.333. The number of carbonyl (C=O) groups is 1. The summed E-state index contributed by atoms with van der Waals surface area (Å²) in [6, 6.07) is 19.3. The first-order valence-corrected chi connectivity index (χ1v) is 10.5. The van der Waals surface area contributed by atoms with Gasteiger partial charge in [-0.3, -0.25) is 10.1 Å². The van der Waals surface area contributed by atoms with Gasteiger partial charge < -0.3 is 9.73 Å². The van der Waals surface area contributed by atoms with Crippen LogP contribution in [-0.4, -0.2) is 16.0 Å². The summed E-state index contributed by atoms with van der Waals surface area (Å²) in [5.41, 5.74) is 7.12. The van der Waals surface area contributed by atoms with E-state index in [9.17, 15) is 4.79 Å². The van der Waals surface area contributed by atoms with Crippen LogP contribution in [0.4, 0.5) is 5.69 Å². The molecule has 0 spiro atoms. The summed E-state index contributed by atoms with van der Waals surface area (Å²) in [7, 11) is 0. The van der Waals surface area contributed by atoms with Gasteiger partial charge >= 0.3 is 0 Å². The predicted molar refractivity (Wildman–Crippen MR) is 128 cm³/mol. The SMILES string of the molecule is CCc1ccc2oc(-c3ccc(NC(=S)NC(=O)c4cc(C)cc(C)c4)cc3)nc2c1. The number of hydrogen-bond donors (Lipinski definition) is 2. The van der Waals surface area contributed by atoms with Crippen molar-refractivity contribution in [2.75, 3.05) is 5.32 Å². The number of carbonyl (C=O) groups excluding carboxylic acids is 1. The molecule has 4 aromatic rings. The molecule has 3 aromatic carbocycles. The van der Waals surface area contributed by atoms with Crippen LogP contribution in [0.2, 0.25) is 0 Å². The van der Waals surface area contributed by atoms with Crippen molar-refractivity contribution in [3.8, 4) is 11.5 Å². The normalized spacial score (nSPS) is 10.8. The number of rotatable bonds is 4. The molecule has 6 heteroatoms. The number of aromatic nitrogens is 1. The Labute approximate surface area is 186 Å². The molecule has 0 fully saturated rings. The number of benzene rings is 3. The Hall–Kier alpha value is -3.51. The van der Waals surface area contributed by atoms with Crippen LogP contribution in [-0.2, 0) is 6.42 Å². The number of hydrogen-bond acceptors (Lipinski definition) is 4. The maximum absolute atomic E-state index is 12.5. The van der Waals surface area contributed by atoms with Crippen LogP contribution in [0.15, 0.2) is 65.1 Å². The lowest BCUT2D eigenvalue weighted by Crippen LogP contribution is -2.34. The molecule has 0 saturated heterocycles. The summed E-state index contributed by atoms with van der Waals surface area (Å²) < 4.78 is 5.88. The number of nitrogens with zero attached hydrogens (tertiary/aromatic N) is 1. The number of amides is 1. The van der Waals surface area contributed by atoms with Crippen LogP contribution in [0.3, 0.4) is 0 Å². The van der Waals surface area contributed by atoms with Gasteiger partial charge in [-0.25, -0.2) is 4.98 Å². The Bertz CT molecular complexity index is 1260. The highest BCUT2D eigenvalue weighted by molar-refractivity contribution is 7.80. The first kappa shape index (κ1) is 20.8. The average molecular weight is 430 g/mol. The third-order valence-electron chi connectivity index (χ3n) is 4.96. The molecule has 0 bridgehead atoms. The molecule has 1 heterocycles. The zero-order chi connectivity index (χ0) is 22.0. The van der Waals surface area contributed by atoms with E-state index >= 15 is 0 Å². The van der Waals surface area contributed by atoms with E-state index in [1.54, 1.807) is 0 Å². The summed E-state index contributed by atoms with van der Waals surface area (Å²) in [4.78, 5) is 17.1. The van der Waals surface area contributed by atoms with Crippen LogP contribution < -0.4 is 10.6 Å². The second-order valence-corrected chi connectivity index (χ2v) is 7.94. The Balaban J connectivity index is 1.43. The van der Waals surface area contributed by atoms with Crippen molar-refractivity contribution >= 4 is 40.0 Å². The van der Waals surface area contributed by atoms with E-state index in [1.807, 2.05) is 62.4 Å². The third-order valence-corrected chi connectivity index (χ3v) is 5.17. The van der Waals surface area contributed by atoms with Crippen molar-refractivity contribution in [1.82, 2.24) is 10.3 Å². The predicted octanol–water partition coefficient (Wildman–Crippen LogP) is 5.80. The highest BCUT2D eigenvalue weighted by Gasteiger charge is 2.11. The van der Waals surface area contributed by atoms with E-state index in [0.29, 0.717) is 11.5 Å². The number of nitrogens with one attached hydrogen (secondary N) is 2. The van der Waals surface area contributed by atoms with E-state index < -0.39 is 0 Å². The molecule has 0 radical (unpaired) electrons. The monoisotopic (exact) mass is 429 g/mol. The van der Waals surface area contributed by atoms with Crippen molar-refractivity contribution in [2.45, 2.75) is 27.2 Å². The van der Waals surface area contributed by atoms with Gasteiger partial charge in [-0.15, -0.1) is 0 Å². The second-order valence-electron chi connectivity index (χ2n) is 7.54. The minimum Gasteiger partial charge on any atom is -0.436 e. The minimum atomic E-state index is -0.237. The molecule has 0 aliphatic heterocycles. The Morgan fingerprint density at radius 1 is 1.00 bits per heavy atom. The summed E-state index contributed by atoms with van der Waals surface area (Å²) >= 11 is 5.30. The Morgan fingerprint density at radius 2 is 1.71 bits per heavy atom. The van der Waals surface area contributed by atoms with Crippen molar-refractivity contribution in [1.29, 1.82) is 0 Å². The molecule has 0 unspecified atom stereocenters. The van der Waals surface area contributed by atoms with Gasteiger partial charge in [-0.1, -0.05) is 30.2 Å². The van der Waals surface area contributed by atoms with Crippen molar-refractivity contribution in [2.24, 2.45) is 0 Å². The van der Waals surface area contributed by atoms with Crippen LogP contribution in [0.1, 0.15) is 34.0 Å². The molecule has 4 rings (SSSR count). The van der Waals surface area contributed by atoms with Crippen LogP contribution >= 0.6 is 12.2 Å². The zero-order valence-electron chi connectivity index (χ0n) is 17.7. The molecule has 0 saturated carbocycles. The fourth-order valence-corrected chi connectivity index (χ4v) is 3.67. The highest BCUT2D eigenvalue weighted by Crippen LogP contribution is 2.26. The lowest BCUT2D eigenvalue weighted by atomic mass is 10.1. The standard InChI is InChI=1S/C25H23N3O2S/c1-4-17-5-10-22-21(14-17)27-24(30-22)18-6-8-20(9-7-18)26-25(31)28-23(29)19-12-15(2)11-16(3)13-19/h5-14H,4H2,1-3H3,(H2,26,28,29,31). The second kappa shape index (κ2) is 8.70. The van der Waals surface area contributed by atoms with E-state index in [1.165, 1.54) is 5.56 Å². The summed E-state index contributed by atoms with van der Waals surface area (Å²) in [5, 5.41) is 6.01. The molecule has 1 aromatic heterocycles. The Kier molecular flexibility index (Phi) is 5.82. The quantitative estimate of drug-likeness (QED) is 0.401. The van der Waals surface area contributed by atoms with Gasteiger partial charge in [0.25, 0.3) is 5.91 Å². The van der Waals surface area contributed by atoms with Gasteiger partial charge in [0.05, 0.1) is 0 Å². The Morgan fingerprint density at radius 3 is 2.39 bits per heavy atom. The van der Waals surface area contributed by atoms with Gasteiger partial charge in [0, 0.05) is 16.8 Å². The van der Waals surface area contributed by atoms with Gasteiger partial charge in [0.2, 0.25) is 5.89 Å². The molecule has 2 N–H and O–H groups in total. The molecule has 1 amide bonds. The minimum absolute atomic E-state index is 0.237. The van der Waals surface area contributed by atoms with Gasteiger partial charge in [0.1, 0.15) is 5.52 Å². The van der Waals surface area contributed by atoms with E-state index in [2.05, 4.69) is 34.7 Å². The number of anilines is 1. The van der Waals surface area contributed by atoms with E-state index in [4.69, 9.17) is 16.6 Å². The summed E-state index contributed by atoms with van der Waals surface area (Å²) in [6.45, 7) is 6.03. The topological polar surface area (TPSA) is 67.2 Å². The van der Waals surface area contributed by atoms with Crippen LogP contribution in [0.25, 0.3) is 22.6 Å². The fourth-order valence-electron chi connectivity index (χ4n) is 3.46. The molecule has 0 atom stereocenters. The largest absolute Gasteiger partial charge is 0.436 e. The molecule has 0 aliphatic rings. The zero-order valence-corrected chi connectivity index (χ0v) is 18.5. The molecule has 31 heavy (non-hydrogen) atoms. The van der Waals surface area contributed by atoms with Gasteiger partial charge in [0.15, 0.2) is 10.7 Å². The van der Waals surface area contributed by atoms with Gasteiger partial charge in [-0.2, -0.15) is 0 Å². The van der Waals surface area contributed by atoms with Crippen molar-refractivity contribution in [3.05, 3.63) is 82.9 Å². The molecule has 0 aliphatic carbocycles. The summed E-state index contributed by atoms with van der Waals surface area (Å²) in [6.07, 6.45) is 0.957. The number of oxazole rings is 1. The van der Waals surface area contributed by atoms with Gasteiger partial charge in [-0.05, 0) is 86.6 Å². The van der Waals surface area contributed by atoms with E-state index in [0.717, 1.165) is 39.9 Å².